The molecule has 0 radical (unpaired) electrons. The van der Waals surface area contributed by atoms with E-state index >= 15 is 0 Å². The van der Waals surface area contributed by atoms with Gasteiger partial charge in [-0.15, -0.1) is 0 Å². The molecule has 98 valence electrons. The summed E-state index contributed by atoms with van der Waals surface area (Å²) >= 11 is 0. The second kappa shape index (κ2) is 6.10. The molecule has 1 nitrogen and oxygen atoms in total. The van der Waals surface area contributed by atoms with Gasteiger partial charge in [0.25, 0.3) is 0 Å². The van der Waals surface area contributed by atoms with E-state index in [0.29, 0.717) is 0 Å². The van der Waals surface area contributed by atoms with Crippen molar-refractivity contribution in [3.05, 3.63) is 47.0 Å². The summed E-state index contributed by atoms with van der Waals surface area (Å²) in [6, 6.07) is 3.25. The van der Waals surface area contributed by atoms with Crippen LogP contribution in [0.4, 0.5) is 8.78 Å². The van der Waals surface area contributed by atoms with Gasteiger partial charge in [0.2, 0.25) is 0 Å². The van der Waals surface area contributed by atoms with Crippen LogP contribution in [-0.4, -0.2) is 0 Å². The van der Waals surface area contributed by atoms with E-state index in [1.54, 1.807) is 0 Å². The summed E-state index contributed by atoms with van der Waals surface area (Å²) < 4.78 is 27.4. The van der Waals surface area contributed by atoms with Gasteiger partial charge in [-0.05, 0) is 37.8 Å². The van der Waals surface area contributed by atoms with E-state index in [4.69, 9.17) is 5.73 Å². The molecule has 0 saturated carbocycles. The minimum atomic E-state index is -0.649. The molecule has 1 atom stereocenters. The quantitative estimate of drug-likeness (QED) is 0.781. The second-order valence-electron chi connectivity index (χ2n) is 4.84. The van der Waals surface area contributed by atoms with Crippen LogP contribution in [0.5, 0.6) is 0 Å². The molecule has 0 fully saturated rings. The van der Waals surface area contributed by atoms with Crippen molar-refractivity contribution in [2.24, 2.45) is 5.73 Å². The van der Waals surface area contributed by atoms with Crippen molar-refractivity contribution >= 4 is 0 Å². The maximum atomic E-state index is 13.7. The Morgan fingerprint density at radius 1 is 1.00 bits per heavy atom. The highest BCUT2D eigenvalue weighted by atomic mass is 19.1. The third-order valence-electron chi connectivity index (χ3n) is 3.54. The van der Waals surface area contributed by atoms with Crippen LogP contribution in [-0.2, 0) is 0 Å². The van der Waals surface area contributed by atoms with Gasteiger partial charge in [0, 0.05) is 5.56 Å². The Morgan fingerprint density at radius 2 is 1.67 bits per heavy atom. The highest BCUT2D eigenvalue weighted by Gasteiger charge is 2.20. The largest absolute Gasteiger partial charge is 0.320 e. The average molecular weight is 251 g/mol. The van der Waals surface area contributed by atoms with Gasteiger partial charge in [-0.2, -0.15) is 0 Å². The maximum absolute atomic E-state index is 13.7. The minimum absolute atomic E-state index is 0.00400. The molecule has 0 bridgehead atoms. The van der Waals surface area contributed by atoms with Gasteiger partial charge < -0.3 is 5.73 Å². The zero-order chi connectivity index (χ0) is 13.0. The first-order valence-electron chi connectivity index (χ1n) is 6.58. The molecule has 0 amide bonds. The van der Waals surface area contributed by atoms with E-state index in [2.05, 4.69) is 6.08 Å². The lowest BCUT2D eigenvalue weighted by molar-refractivity contribution is 0.530. The van der Waals surface area contributed by atoms with Gasteiger partial charge in [-0.1, -0.05) is 30.6 Å². The van der Waals surface area contributed by atoms with Crippen LogP contribution in [0.15, 0.2) is 29.8 Å². The summed E-state index contributed by atoms with van der Waals surface area (Å²) in [7, 11) is 0. The molecule has 1 aliphatic carbocycles. The molecule has 1 aromatic rings. The van der Waals surface area contributed by atoms with Gasteiger partial charge in [0.15, 0.2) is 0 Å². The van der Waals surface area contributed by atoms with Crippen LogP contribution in [0.1, 0.15) is 50.1 Å². The van der Waals surface area contributed by atoms with E-state index in [9.17, 15) is 8.78 Å². The molecule has 1 unspecified atom stereocenters. The summed E-state index contributed by atoms with van der Waals surface area (Å²) in [6.07, 6.45) is 8.45. The first-order valence-corrected chi connectivity index (χ1v) is 6.58. The van der Waals surface area contributed by atoms with E-state index in [1.807, 2.05) is 0 Å². The van der Waals surface area contributed by atoms with E-state index in [0.717, 1.165) is 31.3 Å². The molecule has 0 aliphatic heterocycles. The average Bonchev–Trinajstić information content (AvgIpc) is 2.27. The fourth-order valence-corrected chi connectivity index (χ4v) is 2.49. The Kier molecular flexibility index (Phi) is 4.48. The number of halogens is 2. The highest BCUT2D eigenvalue weighted by molar-refractivity contribution is 5.30. The fourth-order valence-electron chi connectivity index (χ4n) is 2.49. The summed E-state index contributed by atoms with van der Waals surface area (Å²) in [4.78, 5) is 0. The van der Waals surface area contributed by atoms with Crippen LogP contribution >= 0.6 is 0 Å². The summed E-state index contributed by atoms with van der Waals surface area (Å²) in [6.45, 7) is 0. The van der Waals surface area contributed by atoms with Gasteiger partial charge in [0.05, 0.1) is 6.04 Å². The van der Waals surface area contributed by atoms with Crippen molar-refractivity contribution < 1.29 is 8.78 Å². The molecule has 18 heavy (non-hydrogen) atoms. The highest BCUT2D eigenvalue weighted by Crippen LogP contribution is 2.29. The number of allylic oxidation sites excluding steroid dienone is 1. The predicted octanol–water partition coefficient (Wildman–Crippen LogP) is 4.25. The summed E-state index contributed by atoms with van der Waals surface area (Å²) in [5, 5.41) is 0. The summed E-state index contributed by atoms with van der Waals surface area (Å²) in [5.74, 6) is -1.10. The maximum Gasteiger partial charge on any atom is 0.131 e. The van der Waals surface area contributed by atoms with Gasteiger partial charge in [-0.25, -0.2) is 8.78 Å². The molecule has 0 heterocycles. The van der Waals surface area contributed by atoms with Crippen molar-refractivity contribution in [3.63, 3.8) is 0 Å². The SMILES string of the molecule is NC(/C1=C/CCCCCC1)c1c(F)cccc1F. The Bertz CT molecular complexity index is 420. The van der Waals surface area contributed by atoms with Crippen molar-refractivity contribution in [2.75, 3.05) is 0 Å². The van der Waals surface area contributed by atoms with Crippen LogP contribution < -0.4 is 5.73 Å². The summed E-state index contributed by atoms with van der Waals surface area (Å²) in [5.41, 5.74) is 7.02. The normalized spacial score (nSPS) is 21.6. The van der Waals surface area contributed by atoms with Crippen LogP contribution in [0.3, 0.4) is 0 Å². The van der Waals surface area contributed by atoms with Gasteiger partial charge in [0.1, 0.15) is 11.6 Å². The van der Waals surface area contributed by atoms with Crippen molar-refractivity contribution in [2.45, 2.75) is 44.6 Å². The van der Waals surface area contributed by atoms with Gasteiger partial charge >= 0.3 is 0 Å². The van der Waals surface area contributed by atoms with Crippen molar-refractivity contribution in [1.29, 1.82) is 0 Å². The minimum Gasteiger partial charge on any atom is -0.320 e. The molecule has 0 spiro atoms. The molecule has 2 N–H and O–H groups in total. The molecule has 0 saturated heterocycles. The molecular weight excluding hydrogens is 232 g/mol. The Hall–Kier alpha value is -1.22. The number of nitrogens with two attached hydrogens (primary N) is 1. The topological polar surface area (TPSA) is 26.0 Å². The molecule has 2 rings (SSSR count). The number of hydrogen-bond donors (Lipinski definition) is 1. The zero-order valence-electron chi connectivity index (χ0n) is 10.5. The second-order valence-corrected chi connectivity index (χ2v) is 4.84. The smallest absolute Gasteiger partial charge is 0.131 e. The van der Waals surface area contributed by atoms with Crippen molar-refractivity contribution in [1.82, 2.24) is 0 Å². The number of benzene rings is 1. The third-order valence-corrected chi connectivity index (χ3v) is 3.54. The first kappa shape index (κ1) is 13.2. The van der Waals surface area contributed by atoms with E-state index < -0.39 is 17.7 Å². The Labute approximate surface area is 107 Å². The third kappa shape index (κ3) is 2.96. The molecule has 3 heteroatoms. The molecule has 0 aromatic heterocycles. The lowest BCUT2D eigenvalue weighted by Gasteiger charge is -2.19. The van der Waals surface area contributed by atoms with Crippen LogP contribution in [0, 0.1) is 11.6 Å². The van der Waals surface area contributed by atoms with E-state index in [-0.39, 0.29) is 5.56 Å². The van der Waals surface area contributed by atoms with Gasteiger partial charge in [-0.3, -0.25) is 0 Å². The lowest BCUT2D eigenvalue weighted by atomic mass is 9.91. The fraction of sp³-hybridized carbons (Fsp3) is 0.467. The standard InChI is InChI=1S/C15H19F2N/c16-12-9-6-10-13(17)14(12)15(18)11-7-4-2-1-3-5-8-11/h6-7,9-10,15H,1-5,8,18H2/b11-7+. The molecular formula is C15H19F2N. The molecule has 1 aromatic carbocycles. The zero-order valence-corrected chi connectivity index (χ0v) is 10.5. The van der Waals surface area contributed by atoms with E-state index in [1.165, 1.54) is 31.0 Å². The monoisotopic (exact) mass is 251 g/mol. The van der Waals surface area contributed by atoms with Crippen LogP contribution in [0.2, 0.25) is 0 Å². The lowest BCUT2D eigenvalue weighted by Crippen LogP contribution is -2.17. The van der Waals surface area contributed by atoms with Crippen LogP contribution in [0.25, 0.3) is 0 Å². The first-order chi connectivity index (χ1) is 8.70. The predicted molar refractivity (Wildman–Crippen MR) is 69.1 cm³/mol. The Morgan fingerprint density at radius 3 is 2.39 bits per heavy atom. The van der Waals surface area contributed by atoms with Crippen molar-refractivity contribution in [3.8, 4) is 0 Å². The number of hydrogen-bond acceptors (Lipinski definition) is 1. The Balaban J connectivity index is 2.26. The number of rotatable bonds is 2. The molecule has 1 aliphatic rings.